The molecule has 0 aliphatic heterocycles. The van der Waals surface area contributed by atoms with Crippen LogP contribution in [0.1, 0.15) is 43.3 Å². The van der Waals surface area contributed by atoms with Gasteiger partial charge in [-0.15, -0.1) is 24.0 Å². The van der Waals surface area contributed by atoms with Crippen molar-refractivity contribution in [3.8, 4) is 0 Å². The molecule has 0 saturated carbocycles. The lowest BCUT2D eigenvalue weighted by molar-refractivity contribution is 0.499. The number of rotatable bonds is 5. The Labute approximate surface area is 172 Å². The van der Waals surface area contributed by atoms with E-state index in [4.69, 9.17) is 5.10 Å². The van der Waals surface area contributed by atoms with Crippen molar-refractivity contribution in [3.63, 3.8) is 0 Å². The Morgan fingerprint density at radius 2 is 2.23 bits per heavy atom. The Morgan fingerprint density at radius 1 is 1.38 bits per heavy atom. The fraction of sp³-hybridized carbons (Fsp3) is 0.526. The van der Waals surface area contributed by atoms with Gasteiger partial charge < -0.3 is 10.6 Å². The molecule has 142 valence electrons. The summed E-state index contributed by atoms with van der Waals surface area (Å²) < 4.78 is 2.08. The number of nitrogens with zero attached hydrogens (tertiary/aromatic N) is 4. The Bertz CT molecular complexity index is 710. The first-order valence-electron chi connectivity index (χ1n) is 9.09. The van der Waals surface area contributed by atoms with E-state index in [1.165, 1.54) is 11.3 Å². The Balaban J connectivity index is 0.00000243. The summed E-state index contributed by atoms with van der Waals surface area (Å²) in [6.45, 7) is 5.15. The smallest absolute Gasteiger partial charge is 0.191 e. The summed E-state index contributed by atoms with van der Waals surface area (Å²) in [6, 6.07) is 6.80. The van der Waals surface area contributed by atoms with Crippen LogP contribution in [0, 0.1) is 0 Å². The highest BCUT2D eigenvalue weighted by atomic mass is 127. The van der Waals surface area contributed by atoms with Crippen molar-refractivity contribution >= 4 is 29.9 Å². The third-order valence-electron chi connectivity index (χ3n) is 4.59. The molecule has 0 spiro atoms. The van der Waals surface area contributed by atoms with E-state index in [-0.39, 0.29) is 24.0 Å². The van der Waals surface area contributed by atoms with Crippen molar-refractivity contribution in [2.45, 2.75) is 51.6 Å². The maximum absolute atomic E-state index is 4.74. The van der Waals surface area contributed by atoms with Gasteiger partial charge in [0.1, 0.15) is 0 Å². The first-order chi connectivity index (χ1) is 12.2. The van der Waals surface area contributed by atoms with Crippen LogP contribution in [0.4, 0.5) is 0 Å². The molecule has 2 aromatic heterocycles. The predicted octanol–water partition coefficient (Wildman–Crippen LogP) is 2.74. The highest BCUT2D eigenvalue weighted by Crippen LogP contribution is 2.21. The summed E-state index contributed by atoms with van der Waals surface area (Å²) in [5.41, 5.74) is 3.71. The zero-order valence-electron chi connectivity index (χ0n) is 15.8. The SMILES string of the molecule is CN=C(NCCc1ccccn1)NC1CCc2cn(C(C)C)nc2C1.I. The second-order valence-corrected chi connectivity index (χ2v) is 6.83. The number of aryl methyl sites for hydroxylation is 1. The molecule has 0 bridgehead atoms. The van der Waals surface area contributed by atoms with Crippen LogP contribution in [0.2, 0.25) is 0 Å². The average molecular weight is 468 g/mol. The molecule has 0 fully saturated rings. The molecule has 1 atom stereocenters. The third kappa shape index (κ3) is 5.43. The van der Waals surface area contributed by atoms with E-state index in [0.717, 1.165) is 43.9 Å². The summed E-state index contributed by atoms with van der Waals surface area (Å²) in [7, 11) is 1.82. The molecule has 1 aliphatic rings. The van der Waals surface area contributed by atoms with Crippen molar-refractivity contribution in [1.29, 1.82) is 0 Å². The number of pyridine rings is 1. The number of aromatic nitrogens is 3. The van der Waals surface area contributed by atoms with Crippen LogP contribution in [-0.4, -0.2) is 40.4 Å². The standard InChI is InChI=1S/C19H28N6.HI/c1-14(2)25-13-15-7-8-17(12-18(15)24-25)23-19(20-3)22-11-9-16-6-4-5-10-21-16;/h4-6,10,13-14,17H,7-9,11-12H2,1-3H3,(H2,20,22,23);1H. The van der Waals surface area contributed by atoms with Crippen LogP contribution >= 0.6 is 24.0 Å². The van der Waals surface area contributed by atoms with E-state index >= 15 is 0 Å². The molecule has 0 radical (unpaired) electrons. The first kappa shape index (κ1) is 20.7. The Kier molecular flexibility index (Phi) is 7.86. The lowest BCUT2D eigenvalue weighted by Crippen LogP contribution is -2.46. The largest absolute Gasteiger partial charge is 0.356 e. The molecule has 26 heavy (non-hydrogen) atoms. The predicted molar refractivity (Wildman–Crippen MR) is 116 cm³/mol. The zero-order chi connectivity index (χ0) is 17.6. The number of hydrogen-bond donors (Lipinski definition) is 2. The Hall–Kier alpha value is -1.64. The van der Waals surface area contributed by atoms with Gasteiger partial charge in [-0.1, -0.05) is 6.07 Å². The molecule has 2 aromatic rings. The second kappa shape index (κ2) is 9.89. The monoisotopic (exact) mass is 468 g/mol. The summed E-state index contributed by atoms with van der Waals surface area (Å²) in [5, 5.41) is 11.7. The van der Waals surface area contributed by atoms with E-state index in [2.05, 4.69) is 45.3 Å². The van der Waals surface area contributed by atoms with Crippen molar-refractivity contribution in [2.24, 2.45) is 4.99 Å². The van der Waals surface area contributed by atoms with E-state index in [9.17, 15) is 0 Å². The molecule has 0 amide bonds. The minimum atomic E-state index is 0. The number of aliphatic imine (C=N–C) groups is 1. The fourth-order valence-electron chi connectivity index (χ4n) is 3.14. The number of fused-ring (bicyclic) bond motifs is 1. The second-order valence-electron chi connectivity index (χ2n) is 6.83. The number of halogens is 1. The van der Waals surface area contributed by atoms with E-state index in [1.807, 2.05) is 31.4 Å². The van der Waals surface area contributed by atoms with Crippen molar-refractivity contribution in [2.75, 3.05) is 13.6 Å². The minimum Gasteiger partial charge on any atom is -0.356 e. The maximum Gasteiger partial charge on any atom is 0.191 e. The molecule has 1 aliphatic carbocycles. The fourth-order valence-corrected chi connectivity index (χ4v) is 3.14. The number of hydrogen-bond acceptors (Lipinski definition) is 3. The summed E-state index contributed by atoms with van der Waals surface area (Å²) in [5.74, 6) is 0.854. The molecule has 1 unspecified atom stereocenters. The average Bonchev–Trinajstić information content (AvgIpc) is 3.05. The first-order valence-corrected chi connectivity index (χ1v) is 9.09. The minimum absolute atomic E-state index is 0. The van der Waals surface area contributed by atoms with Gasteiger partial charge in [0.2, 0.25) is 0 Å². The summed E-state index contributed by atoms with van der Waals surface area (Å²) in [6.07, 6.45) is 8.06. The van der Waals surface area contributed by atoms with Gasteiger partial charge in [0, 0.05) is 56.6 Å². The maximum atomic E-state index is 4.74. The molecular weight excluding hydrogens is 439 g/mol. The van der Waals surface area contributed by atoms with Gasteiger partial charge in [0.25, 0.3) is 0 Å². The molecule has 0 aromatic carbocycles. The molecule has 2 N–H and O–H groups in total. The van der Waals surface area contributed by atoms with Gasteiger partial charge in [0.15, 0.2) is 5.96 Å². The number of guanidine groups is 1. The quantitative estimate of drug-likeness (QED) is 0.403. The van der Waals surface area contributed by atoms with Gasteiger partial charge >= 0.3 is 0 Å². The molecule has 0 saturated heterocycles. The van der Waals surface area contributed by atoms with Crippen LogP contribution in [-0.2, 0) is 19.3 Å². The van der Waals surface area contributed by atoms with Gasteiger partial charge in [0.05, 0.1) is 5.69 Å². The summed E-state index contributed by atoms with van der Waals surface area (Å²) >= 11 is 0. The highest BCUT2D eigenvalue weighted by molar-refractivity contribution is 14.0. The molecule has 7 heteroatoms. The molecular formula is C19H29IN6. The highest BCUT2D eigenvalue weighted by Gasteiger charge is 2.22. The molecule has 3 rings (SSSR count). The number of nitrogens with one attached hydrogen (secondary N) is 2. The van der Waals surface area contributed by atoms with Crippen LogP contribution < -0.4 is 10.6 Å². The van der Waals surface area contributed by atoms with Crippen LogP contribution in [0.3, 0.4) is 0 Å². The zero-order valence-corrected chi connectivity index (χ0v) is 18.1. The van der Waals surface area contributed by atoms with E-state index in [1.54, 1.807) is 0 Å². The summed E-state index contributed by atoms with van der Waals surface area (Å²) in [4.78, 5) is 8.70. The third-order valence-corrected chi connectivity index (χ3v) is 4.59. The van der Waals surface area contributed by atoms with Gasteiger partial charge in [-0.25, -0.2) is 0 Å². The molecule has 6 nitrogen and oxygen atoms in total. The lowest BCUT2D eigenvalue weighted by Gasteiger charge is -2.24. The van der Waals surface area contributed by atoms with Crippen LogP contribution in [0.25, 0.3) is 0 Å². The molecule has 2 heterocycles. The topological polar surface area (TPSA) is 67.1 Å². The Morgan fingerprint density at radius 3 is 2.92 bits per heavy atom. The van der Waals surface area contributed by atoms with Crippen LogP contribution in [0.5, 0.6) is 0 Å². The van der Waals surface area contributed by atoms with Crippen LogP contribution in [0.15, 0.2) is 35.6 Å². The van der Waals surface area contributed by atoms with Crippen molar-refractivity contribution in [1.82, 2.24) is 25.4 Å². The van der Waals surface area contributed by atoms with Crippen molar-refractivity contribution < 1.29 is 0 Å². The van der Waals surface area contributed by atoms with Crippen molar-refractivity contribution in [3.05, 3.63) is 47.5 Å². The van der Waals surface area contributed by atoms with E-state index < -0.39 is 0 Å². The van der Waals surface area contributed by atoms with Gasteiger partial charge in [-0.05, 0) is 44.4 Å². The van der Waals surface area contributed by atoms with E-state index in [0.29, 0.717) is 12.1 Å². The van der Waals surface area contributed by atoms with Gasteiger partial charge in [-0.3, -0.25) is 14.7 Å². The lowest BCUT2D eigenvalue weighted by atomic mass is 9.94. The normalized spacial score (nSPS) is 16.8. The van der Waals surface area contributed by atoms with Gasteiger partial charge in [-0.2, -0.15) is 5.10 Å².